The fourth-order valence-corrected chi connectivity index (χ4v) is 3.83. The number of aromatic nitrogens is 3. The lowest BCUT2D eigenvalue weighted by Crippen LogP contribution is -2.39. The molecular weight excluding hydrogens is 404 g/mol. The Kier molecular flexibility index (Phi) is 5.27. The van der Waals surface area contributed by atoms with Gasteiger partial charge in [-0.3, -0.25) is 9.79 Å². The van der Waals surface area contributed by atoms with Gasteiger partial charge in [-0.1, -0.05) is 18.2 Å². The summed E-state index contributed by atoms with van der Waals surface area (Å²) < 4.78 is 27.1. The molecular formula is C21H21F2N7O. The van der Waals surface area contributed by atoms with Crippen molar-refractivity contribution < 1.29 is 13.6 Å². The Morgan fingerprint density at radius 3 is 2.65 bits per heavy atom. The summed E-state index contributed by atoms with van der Waals surface area (Å²) in [5.41, 5.74) is 6.62. The molecule has 3 heterocycles. The van der Waals surface area contributed by atoms with Crippen LogP contribution in [0.4, 0.5) is 8.78 Å². The lowest BCUT2D eigenvalue weighted by molar-refractivity contribution is -0.118. The molecule has 8 nitrogen and oxygen atoms in total. The molecule has 31 heavy (non-hydrogen) atoms. The molecule has 1 atom stereocenters. The quantitative estimate of drug-likeness (QED) is 0.782. The Morgan fingerprint density at radius 1 is 1.29 bits per heavy atom. The Bertz CT molecular complexity index is 1080. The zero-order chi connectivity index (χ0) is 22.1. The number of benzene rings is 1. The number of likely N-dealkylation sites (tertiary alicyclic amines) is 1. The number of nitrogens with zero attached hydrogens (tertiary/aromatic N) is 6. The maximum atomic E-state index is 13.5. The molecule has 2 aliphatic heterocycles. The molecule has 1 aromatic heterocycles. The molecule has 0 spiro atoms. The minimum atomic E-state index is -2.72. The summed E-state index contributed by atoms with van der Waals surface area (Å²) in [6.45, 7) is 0.429. The first-order chi connectivity index (χ1) is 14.8. The maximum Gasteiger partial charge on any atom is 0.266 e. The average Bonchev–Trinajstić information content (AvgIpc) is 3.35. The SMILES string of the molecule is N#Cc1ccc(Cn2ncc(C3(CC(N)=O)C=CC(N4CCC(F)(F)C4)=NC3)n2)cc1. The fourth-order valence-electron chi connectivity index (χ4n) is 3.83. The van der Waals surface area contributed by atoms with E-state index >= 15 is 0 Å². The van der Waals surface area contributed by atoms with Gasteiger partial charge in [-0.05, 0) is 23.8 Å². The van der Waals surface area contributed by atoms with Crippen LogP contribution in [-0.2, 0) is 16.8 Å². The number of dihydropyridines is 1. The first-order valence-electron chi connectivity index (χ1n) is 9.83. The third-order valence-corrected chi connectivity index (χ3v) is 5.51. The van der Waals surface area contributed by atoms with Gasteiger partial charge >= 0.3 is 0 Å². The van der Waals surface area contributed by atoms with Crippen molar-refractivity contribution in [1.29, 1.82) is 5.26 Å². The molecule has 1 fully saturated rings. The number of amidine groups is 1. The van der Waals surface area contributed by atoms with Crippen molar-refractivity contribution in [3.05, 3.63) is 59.4 Å². The van der Waals surface area contributed by atoms with Gasteiger partial charge in [0.05, 0.1) is 48.6 Å². The van der Waals surface area contributed by atoms with Crippen LogP contribution in [0.15, 0.2) is 47.6 Å². The molecule has 4 rings (SSSR count). The number of hydrogen-bond acceptors (Lipinski definition) is 6. The van der Waals surface area contributed by atoms with E-state index in [4.69, 9.17) is 11.0 Å². The summed E-state index contributed by atoms with van der Waals surface area (Å²) in [4.78, 5) is 19.3. The molecule has 0 aliphatic carbocycles. The topological polar surface area (TPSA) is 113 Å². The summed E-state index contributed by atoms with van der Waals surface area (Å²) in [6.07, 6.45) is 4.78. The lowest BCUT2D eigenvalue weighted by atomic mass is 9.79. The van der Waals surface area contributed by atoms with Gasteiger partial charge in [0.15, 0.2) is 0 Å². The third kappa shape index (κ3) is 4.45. The molecule has 2 aromatic rings. The zero-order valence-corrected chi connectivity index (χ0v) is 16.7. The van der Waals surface area contributed by atoms with E-state index in [2.05, 4.69) is 21.3 Å². The number of nitrogens with two attached hydrogens (primary N) is 1. The van der Waals surface area contributed by atoms with E-state index in [0.717, 1.165) is 5.56 Å². The van der Waals surface area contributed by atoms with Crippen LogP contribution in [-0.4, -0.2) is 57.2 Å². The Balaban J connectivity index is 1.53. The van der Waals surface area contributed by atoms with Crippen molar-refractivity contribution in [2.75, 3.05) is 19.6 Å². The maximum absolute atomic E-state index is 13.5. The molecule has 1 unspecified atom stereocenters. The lowest BCUT2D eigenvalue weighted by Gasteiger charge is -2.30. The van der Waals surface area contributed by atoms with Crippen molar-refractivity contribution in [3.8, 4) is 6.07 Å². The van der Waals surface area contributed by atoms with Crippen molar-refractivity contribution in [1.82, 2.24) is 19.9 Å². The van der Waals surface area contributed by atoms with Gasteiger partial charge in [-0.25, -0.2) is 8.78 Å². The third-order valence-electron chi connectivity index (χ3n) is 5.51. The van der Waals surface area contributed by atoms with E-state index < -0.39 is 17.2 Å². The van der Waals surface area contributed by atoms with E-state index in [1.54, 1.807) is 35.4 Å². The van der Waals surface area contributed by atoms with Crippen LogP contribution >= 0.6 is 0 Å². The summed E-state index contributed by atoms with van der Waals surface area (Å²) >= 11 is 0. The number of primary amides is 1. The van der Waals surface area contributed by atoms with Crippen LogP contribution in [0, 0.1) is 11.3 Å². The standard InChI is InChI=1S/C21H21F2N7O/c22-21(23)7-8-29(14-21)19-5-6-20(13-26-19,9-18(25)31)17-11-27-30(28-17)12-16-3-1-15(10-24)2-4-16/h1-6,11H,7-9,12-14H2,(H2,25,31). The Morgan fingerprint density at radius 2 is 2.06 bits per heavy atom. The average molecular weight is 425 g/mol. The number of carbonyl (C=O) groups is 1. The summed E-state index contributed by atoms with van der Waals surface area (Å²) in [5.74, 6) is -2.76. The number of nitriles is 1. The predicted octanol–water partition coefficient (Wildman–Crippen LogP) is 1.62. The normalized spacial score (nSPS) is 22.2. The van der Waals surface area contributed by atoms with Gasteiger partial charge in [-0.15, -0.1) is 0 Å². The molecule has 0 bridgehead atoms. The molecule has 2 aliphatic rings. The van der Waals surface area contributed by atoms with E-state index in [1.807, 2.05) is 12.1 Å². The number of rotatable bonds is 5. The van der Waals surface area contributed by atoms with Crippen LogP contribution in [0.5, 0.6) is 0 Å². The van der Waals surface area contributed by atoms with Crippen LogP contribution in [0.2, 0.25) is 0 Å². The molecule has 0 saturated carbocycles. The molecule has 0 radical (unpaired) electrons. The fraction of sp³-hybridized carbons (Fsp3) is 0.381. The zero-order valence-electron chi connectivity index (χ0n) is 16.7. The number of aliphatic imine (C=N–C) groups is 1. The van der Waals surface area contributed by atoms with E-state index in [0.29, 0.717) is 23.6 Å². The molecule has 1 saturated heterocycles. The van der Waals surface area contributed by atoms with Crippen LogP contribution in [0.3, 0.4) is 0 Å². The number of hydrogen-bond donors (Lipinski definition) is 1. The highest BCUT2D eigenvalue weighted by Crippen LogP contribution is 2.33. The van der Waals surface area contributed by atoms with Gasteiger partial charge in [0, 0.05) is 19.4 Å². The summed E-state index contributed by atoms with van der Waals surface area (Å²) in [6, 6.07) is 9.15. The van der Waals surface area contributed by atoms with Crippen molar-refractivity contribution in [2.45, 2.75) is 30.7 Å². The van der Waals surface area contributed by atoms with Gasteiger partial charge in [-0.2, -0.15) is 20.3 Å². The molecule has 1 amide bonds. The molecule has 160 valence electrons. The molecule has 10 heteroatoms. The van der Waals surface area contributed by atoms with Gasteiger partial charge in [0.2, 0.25) is 5.91 Å². The minimum absolute atomic E-state index is 0.0218. The second kappa shape index (κ2) is 7.91. The predicted molar refractivity (Wildman–Crippen MR) is 108 cm³/mol. The monoisotopic (exact) mass is 425 g/mol. The van der Waals surface area contributed by atoms with Crippen molar-refractivity contribution >= 4 is 11.7 Å². The van der Waals surface area contributed by atoms with Crippen LogP contribution in [0.25, 0.3) is 0 Å². The molecule has 2 N–H and O–H groups in total. The second-order valence-corrected chi connectivity index (χ2v) is 7.90. The highest BCUT2D eigenvalue weighted by atomic mass is 19.3. The number of carbonyl (C=O) groups excluding carboxylic acids is 1. The van der Waals surface area contributed by atoms with Gasteiger partial charge in [0.25, 0.3) is 5.92 Å². The highest BCUT2D eigenvalue weighted by Gasteiger charge is 2.41. The van der Waals surface area contributed by atoms with Crippen LogP contribution in [0.1, 0.15) is 29.7 Å². The first-order valence-corrected chi connectivity index (χ1v) is 9.83. The van der Waals surface area contributed by atoms with Crippen molar-refractivity contribution in [3.63, 3.8) is 0 Å². The first kappa shape index (κ1) is 20.7. The van der Waals surface area contributed by atoms with Gasteiger partial charge in [0.1, 0.15) is 5.84 Å². The Hall–Kier alpha value is -3.61. The smallest absolute Gasteiger partial charge is 0.266 e. The number of amides is 1. The second-order valence-electron chi connectivity index (χ2n) is 7.90. The van der Waals surface area contributed by atoms with E-state index in [-0.39, 0.29) is 32.5 Å². The summed E-state index contributed by atoms with van der Waals surface area (Å²) in [5, 5.41) is 17.7. The van der Waals surface area contributed by atoms with E-state index in [1.165, 1.54) is 4.80 Å². The van der Waals surface area contributed by atoms with E-state index in [9.17, 15) is 13.6 Å². The number of alkyl halides is 2. The minimum Gasteiger partial charge on any atom is -0.370 e. The van der Waals surface area contributed by atoms with Gasteiger partial charge < -0.3 is 10.6 Å². The molecule has 1 aromatic carbocycles. The number of halogens is 2. The highest BCUT2D eigenvalue weighted by molar-refractivity contribution is 5.94. The Labute approximate surface area is 177 Å². The van der Waals surface area contributed by atoms with Crippen LogP contribution < -0.4 is 5.73 Å². The van der Waals surface area contributed by atoms with Crippen molar-refractivity contribution in [2.24, 2.45) is 10.7 Å². The largest absolute Gasteiger partial charge is 0.370 e. The summed E-state index contributed by atoms with van der Waals surface area (Å²) in [7, 11) is 0.